The van der Waals surface area contributed by atoms with Crippen LogP contribution in [0.4, 0.5) is 0 Å². The summed E-state index contributed by atoms with van der Waals surface area (Å²) in [6.45, 7) is 5.74. The summed E-state index contributed by atoms with van der Waals surface area (Å²) in [6, 6.07) is 7.87. The van der Waals surface area contributed by atoms with Gasteiger partial charge < -0.3 is 14.7 Å². The van der Waals surface area contributed by atoms with Crippen molar-refractivity contribution in [2.45, 2.75) is 30.4 Å². The van der Waals surface area contributed by atoms with Gasteiger partial charge in [-0.15, -0.1) is 11.8 Å². The molecule has 126 valence electrons. The molecule has 1 N–H and O–H groups in total. The Morgan fingerprint density at radius 3 is 2.83 bits per heavy atom. The maximum Gasteiger partial charge on any atom is 0.264 e. The van der Waals surface area contributed by atoms with Crippen LogP contribution in [-0.2, 0) is 4.79 Å². The van der Waals surface area contributed by atoms with Gasteiger partial charge in [-0.25, -0.2) is 0 Å². The van der Waals surface area contributed by atoms with Gasteiger partial charge >= 0.3 is 0 Å². The van der Waals surface area contributed by atoms with Crippen LogP contribution in [0.3, 0.4) is 0 Å². The quantitative estimate of drug-likeness (QED) is 0.902. The Morgan fingerprint density at radius 1 is 1.35 bits per heavy atom. The van der Waals surface area contributed by atoms with Gasteiger partial charge in [0.2, 0.25) is 0 Å². The molecule has 0 aliphatic carbocycles. The topological polar surface area (TPSA) is 53.0 Å². The maximum atomic E-state index is 12.7. The van der Waals surface area contributed by atoms with Crippen LogP contribution in [0.5, 0.6) is 5.75 Å². The van der Waals surface area contributed by atoms with Gasteiger partial charge in [-0.2, -0.15) is 0 Å². The van der Waals surface area contributed by atoms with Crippen LogP contribution in [0.25, 0.3) is 0 Å². The van der Waals surface area contributed by atoms with Gasteiger partial charge in [-0.3, -0.25) is 9.69 Å². The van der Waals surface area contributed by atoms with Crippen molar-refractivity contribution in [2.24, 2.45) is 0 Å². The third kappa shape index (κ3) is 4.00. The number of carbonyl (C=O) groups excluding carboxylic acids is 1. The van der Waals surface area contributed by atoms with Gasteiger partial charge in [0.25, 0.3) is 5.91 Å². The third-order valence-electron chi connectivity index (χ3n) is 4.41. The fraction of sp³-hybridized carbons (Fsp3) is 0.588. The molecule has 2 aliphatic heterocycles. The largest absolute Gasteiger partial charge is 0.479 e. The van der Waals surface area contributed by atoms with Crippen LogP contribution in [0.2, 0.25) is 0 Å². The molecule has 2 heterocycles. The summed E-state index contributed by atoms with van der Waals surface area (Å²) < 4.78 is 5.89. The Morgan fingerprint density at radius 2 is 2.09 bits per heavy atom. The highest BCUT2D eigenvalue weighted by molar-refractivity contribution is 7.99. The van der Waals surface area contributed by atoms with Crippen LogP contribution >= 0.6 is 11.8 Å². The van der Waals surface area contributed by atoms with Crippen LogP contribution in [-0.4, -0.2) is 71.5 Å². The normalized spacial score (nSPS) is 23.0. The molecule has 2 unspecified atom stereocenters. The van der Waals surface area contributed by atoms with E-state index < -0.39 is 0 Å². The second-order valence-corrected chi connectivity index (χ2v) is 7.11. The van der Waals surface area contributed by atoms with Gasteiger partial charge in [0.15, 0.2) is 6.10 Å². The number of piperazine rings is 1. The number of thioether (sulfide) groups is 1. The van der Waals surface area contributed by atoms with Gasteiger partial charge in [-0.05, 0) is 18.6 Å². The Hall–Kier alpha value is -1.24. The van der Waals surface area contributed by atoms with Crippen molar-refractivity contribution < 1.29 is 14.6 Å². The van der Waals surface area contributed by atoms with Crippen molar-refractivity contribution in [3.63, 3.8) is 0 Å². The minimum Gasteiger partial charge on any atom is -0.479 e. The zero-order valence-corrected chi connectivity index (χ0v) is 14.3. The number of hydrogen-bond acceptors (Lipinski definition) is 5. The second-order valence-electron chi connectivity index (χ2n) is 6.05. The fourth-order valence-electron chi connectivity index (χ4n) is 2.92. The molecule has 1 amide bonds. The van der Waals surface area contributed by atoms with E-state index in [0.717, 1.165) is 30.2 Å². The summed E-state index contributed by atoms with van der Waals surface area (Å²) in [4.78, 5) is 17.9. The molecule has 0 saturated carbocycles. The van der Waals surface area contributed by atoms with E-state index in [1.54, 1.807) is 11.8 Å². The second kappa shape index (κ2) is 7.55. The van der Waals surface area contributed by atoms with Crippen molar-refractivity contribution in [3.05, 3.63) is 24.3 Å². The average Bonchev–Trinajstić information content (AvgIpc) is 2.61. The number of amides is 1. The molecule has 3 rings (SSSR count). The van der Waals surface area contributed by atoms with Gasteiger partial charge in [0.05, 0.1) is 6.10 Å². The molecule has 1 aromatic rings. The summed E-state index contributed by atoms with van der Waals surface area (Å²) in [5.41, 5.74) is 0. The number of aliphatic hydroxyl groups excluding tert-OH is 1. The van der Waals surface area contributed by atoms with Crippen LogP contribution < -0.4 is 4.74 Å². The third-order valence-corrected chi connectivity index (χ3v) is 5.53. The summed E-state index contributed by atoms with van der Waals surface area (Å²) in [5.74, 6) is 1.57. The van der Waals surface area contributed by atoms with Crippen LogP contribution in [0.15, 0.2) is 29.2 Å². The molecule has 6 heteroatoms. The highest BCUT2D eigenvalue weighted by Gasteiger charge is 2.32. The van der Waals surface area contributed by atoms with Crippen molar-refractivity contribution in [1.82, 2.24) is 9.80 Å². The van der Waals surface area contributed by atoms with Crippen LogP contribution in [0.1, 0.15) is 13.3 Å². The SMILES string of the molecule is CCC(O)CN1CCN(C(=O)C2CSc3ccccc3O2)CC1. The number of benzene rings is 1. The molecule has 23 heavy (non-hydrogen) atoms. The summed E-state index contributed by atoms with van der Waals surface area (Å²) >= 11 is 1.69. The Balaban J connectivity index is 1.52. The zero-order chi connectivity index (χ0) is 16.2. The fourth-order valence-corrected chi connectivity index (χ4v) is 3.90. The van der Waals surface area contributed by atoms with Gasteiger partial charge in [-0.1, -0.05) is 19.1 Å². The summed E-state index contributed by atoms with van der Waals surface area (Å²) in [7, 11) is 0. The molecule has 0 spiro atoms. The van der Waals surface area contributed by atoms with E-state index in [2.05, 4.69) is 4.90 Å². The molecular formula is C17H24N2O3S. The van der Waals surface area contributed by atoms with E-state index in [0.29, 0.717) is 25.4 Å². The lowest BCUT2D eigenvalue weighted by atomic mass is 10.2. The molecular weight excluding hydrogens is 312 g/mol. The number of fused-ring (bicyclic) bond motifs is 1. The van der Waals surface area contributed by atoms with E-state index >= 15 is 0 Å². The molecule has 0 radical (unpaired) electrons. The van der Waals surface area contributed by atoms with E-state index in [1.807, 2.05) is 36.1 Å². The lowest BCUT2D eigenvalue weighted by Crippen LogP contribution is -2.54. The minimum absolute atomic E-state index is 0.0858. The first kappa shape index (κ1) is 16.6. The van der Waals surface area contributed by atoms with E-state index in [9.17, 15) is 9.90 Å². The first-order valence-corrected chi connectivity index (χ1v) is 9.23. The highest BCUT2D eigenvalue weighted by atomic mass is 32.2. The van der Waals surface area contributed by atoms with Gasteiger partial charge in [0.1, 0.15) is 5.75 Å². The van der Waals surface area contributed by atoms with Crippen molar-refractivity contribution in [3.8, 4) is 5.75 Å². The molecule has 2 aliphatic rings. The first-order valence-electron chi connectivity index (χ1n) is 8.25. The van der Waals surface area contributed by atoms with E-state index in [4.69, 9.17) is 4.74 Å². The standard InChI is InChI=1S/C17H24N2O3S/c1-2-13(20)11-18-7-9-19(10-8-18)17(21)15-12-23-16-6-4-3-5-14(16)22-15/h3-6,13,15,20H,2,7-12H2,1H3. The molecule has 2 atom stereocenters. The minimum atomic E-state index is -0.386. The van der Waals surface area contributed by atoms with E-state index in [1.165, 1.54) is 0 Å². The Kier molecular flexibility index (Phi) is 5.46. The van der Waals surface area contributed by atoms with E-state index in [-0.39, 0.29) is 18.1 Å². The first-order chi connectivity index (χ1) is 11.2. The average molecular weight is 336 g/mol. The van der Waals surface area contributed by atoms with Crippen molar-refractivity contribution >= 4 is 17.7 Å². The number of aliphatic hydroxyl groups is 1. The van der Waals surface area contributed by atoms with Gasteiger partial charge in [0, 0.05) is 43.4 Å². The smallest absolute Gasteiger partial charge is 0.264 e. The number of β-amino-alcohol motifs (C(OH)–C–C–N with tert-alkyl or cyclic N) is 1. The number of nitrogens with zero attached hydrogens (tertiary/aromatic N) is 2. The number of para-hydroxylation sites is 1. The molecule has 0 aromatic heterocycles. The number of rotatable bonds is 4. The Bertz CT molecular complexity index is 546. The predicted octanol–water partition coefficient (Wildman–Crippen LogP) is 1.45. The maximum absolute atomic E-state index is 12.7. The molecule has 1 fully saturated rings. The van der Waals surface area contributed by atoms with Crippen molar-refractivity contribution in [1.29, 1.82) is 0 Å². The number of hydrogen-bond donors (Lipinski definition) is 1. The molecule has 1 aromatic carbocycles. The zero-order valence-electron chi connectivity index (χ0n) is 13.5. The lowest BCUT2D eigenvalue weighted by Gasteiger charge is -2.37. The predicted molar refractivity (Wildman–Crippen MR) is 90.9 cm³/mol. The molecule has 1 saturated heterocycles. The van der Waals surface area contributed by atoms with Crippen LogP contribution in [0, 0.1) is 0 Å². The summed E-state index contributed by atoms with van der Waals surface area (Å²) in [5, 5.41) is 9.74. The summed E-state index contributed by atoms with van der Waals surface area (Å²) in [6.07, 6.45) is 0.112. The lowest BCUT2D eigenvalue weighted by molar-refractivity contribution is -0.139. The molecule has 5 nitrogen and oxygen atoms in total. The highest BCUT2D eigenvalue weighted by Crippen LogP contribution is 2.35. The Labute approximate surface area is 141 Å². The monoisotopic (exact) mass is 336 g/mol. The molecule has 0 bridgehead atoms. The number of carbonyl (C=O) groups is 1. The van der Waals surface area contributed by atoms with Crippen molar-refractivity contribution in [2.75, 3.05) is 38.5 Å². The number of ether oxygens (including phenoxy) is 1.